The van der Waals surface area contributed by atoms with Gasteiger partial charge in [0.15, 0.2) is 0 Å². The first kappa shape index (κ1) is 25.3. The van der Waals surface area contributed by atoms with Crippen LogP contribution in [0.2, 0.25) is 0 Å². The van der Waals surface area contributed by atoms with Gasteiger partial charge in [-0.25, -0.2) is 0 Å². The highest BCUT2D eigenvalue weighted by atomic mass is 35.5. The number of nitrogens with zero attached hydrogens (tertiary/aromatic N) is 1. The first-order chi connectivity index (χ1) is 13.0. The van der Waals surface area contributed by atoms with Crippen LogP contribution in [-0.2, 0) is 24.3 Å². The summed E-state index contributed by atoms with van der Waals surface area (Å²) in [6.45, 7) is 8.52. The molecular weight excluding hydrogens is 405 g/mol. The van der Waals surface area contributed by atoms with Crippen molar-refractivity contribution in [3.63, 3.8) is 0 Å². The Labute approximate surface area is 187 Å². The summed E-state index contributed by atoms with van der Waals surface area (Å²) in [5.74, 6) is 1.54. The number of carbonyl (C=O) groups is 1. The predicted octanol–water partition coefficient (Wildman–Crippen LogP) is 4.45. The molecule has 160 valence electrons. The first-order valence-corrected chi connectivity index (χ1v) is 9.90. The molecule has 6 heteroatoms. The molecule has 1 amide bonds. The lowest BCUT2D eigenvalue weighted by molar-refractivity contribution is -0.120. The van der Waals surface area contributed by atoms with E-state index >= 15 is 0 Å². The number of nitrogens with one attached hydrogen (secondary N) is 1. The Kier molecular flexibility index (Phi) is 10.5. The van der Waals surface area contributed by atoms with Crippen LogP contribution in [0.3, 0.4) is 0 Å². The molecule has 1 fully saturated rings. The van der Waals surface area contributed by atoms with Gasteiger partial charge in [-0.1, -0.05) is 50.2 Å². The SMILES string of the molecule is CC1CC(C)CN(Cc2ccccc2CNC(=O)Cc2ccc(N)cc2)C1.Cl.Cl. The summed E-state index contributed by atoms with van der Waals surface area (Å²) in [7, 11) is 0. The summed E-state index contributed by atoms with van der Waals surface area (Å²) < 4.78 is 0. The predicted molar refractivity (Wildman–Crippen MR) is 126 cm³/mol. The zero-order chi connectivity index (χ0) is 19.2. The van der Waals surface area contributed by atoms with Crippen molar-refractivity contribution < 1.29 is 4.79 Å². The lowest BCUT2D eigenvalue weighted by Gasteiger charge is -2.35. The number of benzene rings is 2. The summed E-state index contributed by atoms with van der Waals surface area (Å²) >= 11 is 0. The van der Waals surface area contributed by atoms with E-state index in [1.165, 1.54) is 17.5 Å². The van der Waals surface area contributed by atoms with Crippen LogP contribution in [0.1, 0.15) is 37.0 Å². The fourth-order valence-corrected chi connectivity index (χ4v) is 4.12. The molecule has 1 saturated heterocycles. The van der Waals surface area contributed by atoms with Crippen LogP contribution < -0.4 is 11.1 Å². The molecule has 2 aromatic rings. The van der Waals surface area contributed by atoms with Gasteiger partial charge in [-0.05, 0) is 47.1 Å². The smallest absolute Gasteiger partial charge is 0.224 e. The van der Waals surface area contributed by atoms with E-state index in [0.29, 0.717) is 13.0 Å². The maximum absolute atomic E-state index is 12.3. The highest BCUT2D eigenvalue weighted by Crippen LogP contribution is 2.23. The third-order valence-corrected chi connectivity index (χ3v) is 5.28. The van der Waals surface area contributed by atoms with E-state index in [4.69, 9.17) is 5.73 Å². The number of halogens is 2. The molecular formula is C23H33Cl2N3O. The van der Waals surface area contributed by atoms with Gasteiger partial charge in [-0.3, -0.25) is 9.69 Å². The van der Waals surface area contributed by atoms with Crippen molar-refractivity contribution in [1.29, 1.82) is 0 Å². The molecule has 2 aromatic carbocycles. The van der Waals surface area contributed by atoms with E-state index in [1.807, 2.05) is 30.3 Å². The lowest BCUT2D eigenvalue weighted by Crippen LogP contribution is -2.38. The lowest BCUT2D eigenvalue weighted by atomic mass is 9.91. The van der Waals surface area contributed by atoms with Gasteiger partial charge in [0.25, 0.3) is 0 Å². The molecule has 0 bridgehead atoms. The third-order valence-electron chi connectivity index (χ3n) is 5.28. The molecule has 2 atom stereocenters. The van der Waals surface area contributed by atoms with Gasteiger partial charge >= 0.3 is 0 Å². The van der Waals surface area contributed by atoms with Crippen molar-refractivity contribution in [2.45, 2.75) is 39.8 Å². The molecule has 3 N–H and O–H groups in total. The van der Waals surface area contributed by atoms with Crippen molar-refractivity contribution in [3.05, 3.63) is 65.2 Å². The number of amides is 1. The Morgan fingerprint density at radius 1 is 1.00 bits per heavy atom. The molecule has 4 nitrogen and oxygen atoms in total. The average molecular weight is 438 g/mol. The molecule has 1 aliphatic heterocycles. The molecule has 1 aliphatic rings. The first-order valence-electron chi connectivity index (χ1n) is 9.90. The fraction of sp³-hybridized carbons (Fsp3) is 0.435. The van der Waals surface area contributed by atoms with Crippen LogP contribution in [0.25, 0.3) is 0 Å². The highest BCUT2D eigenvalue weighted by molar-refractivity contribution is 5.85. The minimum atomic E-state index is 0. The van der Waals surface area contributed by atoms with Gasteiger partial charge in [-0.15, -0.1) is 24.8 Å². The quantitative estimate of drug-likeness (QED) is 0.656. The van der Waals surface area contributed by atoms with Gasteiger partial charge in [0.2, 0.25) is 5.91 Å². The summed E-state index contributed by atoms with van der Waals surface area (Å²) in [5, 5.41) is 3.07. The molecule has 0 spiro atoms. The minimum absolute atomic E-state index is 0. The van der Waals surface area contributed by atoms with Gasteiger partial charge < -0.3 is 11.1 Å². The monoisotopic (exact) mass is 437 g/mol. The number of anilines is 1. The molecule has 2 unspecified atom stereocenters. The number of nitrogen functional groups attached to an aromatic ring is 1. The van der Waals surface area contributed by atoms with Gasteiger partial charge in [0.05, 0.1) is 6.42 Å². The van der Waals surface area contributed by atoms with Crippen LogP contribution in [-0.4, -0.2) is 23.9 Å². The van der Waals surface area contributed by atoms with Crippen molar-refractivity contribution in [2.24, 2.45) is 11.8 Å². The molecule has 3 rings (SSSR count). The standard InChI is InChI=1S/C23H31N3O.2ClH/c1-17-11-18(2)15-26(14-17)16-21-6-4-3-5-20(21)13-25-23(27)12-19-7-9-22(24)10-8-19;;/h3-10,17-18H,11-16,24H2,1-2H3,(H,25,27);2*1H. The third kappa shape index (κ3) is 7.88. The normalized spacial score (nSPS) is 19.0. The highest BCUT2D eigenvalue weighted by Gasteiger charge is 2.22. The second-order valence-electron chi connectivity index (χ2n) is 8.10. The molecule has 1 heterocycles. The van der Waals surface area contributed by atoms with Crippen LogP contribution in [0.15, 0.2) is 48.5 Å². The van der Waals surface area contributed by atoms with E-state index in [2.05, 4.69) is 42.3 Å². The van der Waals surface area contributed by atoms with Crippen molar-refractivity contribution >= 4 is 36.4 Å². The number of carbonyl (C=O) groups excluding carboxylic acids is 1. The zero-order valence-electron chi connectivity index (χ0n) is 17.3. The number of hydrogen-bond donors (Lipinski definition) is 2. The molecule has 0 radical (unpaired) electrons. The van der Waals surface area contributed by atoms with E-state index < -0.39 is 0 Å². The van der Waals surface area contributed by atoms with Crippen LogP contribution >= 0.6 is 24.8 Å². The Morgan fingerprint density at radius 2 is 1.59 bits per heavy atom. The van der Waals surface area contributed by atoms with E-state index in [1.54, 1.807) is 0 Å². The topological polar surface area (TPSA) is 58.4 Å². The number of hydrogen-bond acceptors (Lipinski definition) is 3. The van der Waals surface area contributed by atoms with E-state index in [9.17, 15) is 4.79 Å². The van der Waals surface area contributed by atoms with Crippen molar-refractivity contribution in [1.82, 2.24) is 10.2 Å². The molecule has 29 heavy (non-hydrogen) atoms. The van der Waals surface area contributed by atoms with Crippen LogP contribution in [0.5, 0.6) is 0 Å². The fourth-order valence-electron chi connectivity index (χ4n) is 4.12. The second-order valence-corrected chi connectivity index (χ2v) is 8.10. The van der Waals surface area contributed by atoms with Gasteiger partial charge in [-0.2, -0.15) is 0 Å². The maximum atomic E-state index is 12.3. The second kappa shape index (κ2) is 12.1. The van der Waals surface area contributed by atoms with E-state index in [-0.39, 0.29) is 30.7 Å². The Balaban J connectivity index is 0.00000210. The van der Waals surface area contributed by atoms with Crippen molar-refractivity contribution in [3.8, 4) is 0 Å². The summed E-state index contributed by atoms with van der Waals surface area (Å²) in [4.78, 5) is 14.9. The summed E-state index contributed by atoms with van der Waals surface area (Å²) in [5.41, 5.74) is 9.91. The summed E-state index contributed by atoms with van der Waals surface area (Å²) in [6.07, 6.45) is 1.70. The van der Waals surface area contributed by atoms with Crippen molar-refractivity contribution in [2.75, 3.05) is 18.8 Å². The minimum Gasteiger partial charge on any atom is -0.399 e. The number of nitrogens with two attached hydrogens (primary N) is 1. The average Bonchev–Trinajstić information content (AvgIpc) is 2.62. The number of piperidine rings is 1. The summed E-state index contributed by atoms with van der Waals surface area (Å²) in [6, 6.07) is 15.9. The maximum Gasteiger partial charge on any atom is 0.224 e. The van der Waals surface area contributed by atoms with Gasteiger partial charge in [0.1, 0.15) is 0 Å². The van der Waals surface area contributed by atoms with Crippen LogP contribution in [0, 0.1) is 11.8 Å². The molecule has 0 saturated carbocycles. The number of likely N-dealkylation sites (tertiary alicyclic amines) is 1. The van der Waals surface area contributed by atoms with Crippen LogP contribution in [0.4, 0.5) is 5.69 Å². The zero-order valence-corrected chi connectivity index (χ0v) is 18.9. The van der Waals surface area contributed by atoms with Gasteiger partial charge in [0, 0.05) is 31.9 Å². The Morgan fingerprint density at radius 3 is 2.21 bits per heavy atom. The largest absolute Gasteiger partial charge is 0.399 e. The molecule has 0 aromatic heterocycles. The molecule has 0 aliphatic carbocycles. The Hall–Kier alpha value is -1.75. The number of rotatable bonds is 6. The van der Waals surface area contributed by atoms with E-state index in [0.717, 1.165) is 42.7 Å². The Bertz CT molecular complexity index is 757.